The number of hydrogen-bond donors (Lipinski definition) is 1. The fourth-order valence-electron chi connectivity index (χ4n) is 3.79. The van der Waals surface area contributed by atoms with E-state index >= 15 is 0 Å². The number of benzene rings is 4. The molecule has 0 saturated heterocycles. The molecular formula is C30H28O4. The van der Waals surface area contributed by atoms with Gasteiger partial charge in [-0.05, 0) is 77.1 Å². The number of rotatable bonds is 10. The number of aliphatic carboxylic acids is 1. The van der Waals surface area contributed by atoms with Crippen LogP contribution in [-0.4, -0.2) is 11.1 Å². The first-order valence-corrected chi connectivity index (χ1v) is 11.4. The lowest BCUT2D eigenvalue weighted by molar-refractivity contribution is -0.136. The molecule has 0 unspecified atom stereocenters. The van der Waals surface area contributed by atoms with E-state index < -0.39 is 5.97 Å². The first kappa shape index (κ1) is 23.1. The monoisotopic (exact) mass is 452 g/mol. The highest BCUT2D eigenvalue weighted by atomic mass is 16.5. The number of aryl methyl sites for hydroxylation is 2. The van der Waals surface area contributed by atoms with Gasteiger partial charge >= 0.3 is 5.97 Å². The highest BCUT2D eigenvalue weighted by Crippen LogP contribution is 2.28. The second-order valence-corrected chi connectivity index (χ2v) is 8.28. The largest absolute Gasteiger partial charge is 0.489 e. The lowest BCUT2D eigenvalue weighted by atomic mass is 9.99. The van der Waals surface area contributed by atoms with Crippen molar-refractivity contribution in [2.24, 2.45) is 0 Å². The summed E-state index contributed by atoms with van der Waals surface area (Å²) in [7, 11) is 0. The molecule has 0 bridgehead atoms. The Kier molecular flexibility index (Phi) is 7.61. The summed E-state index contributed by atoms with van der Waals surface area (Å²) in [4.78, 5) is 10.7. The molecule has 4 heteroatoms. The van der Waals surface area contributed by atoms with Gasteiger partial charge in [-0.15, -0.1) is 0 Å². The summed E-state index contributed by atoms with van der Waals surface area (Å²) in [5, 5.41) is 8.81. The second kappa shape index (κ2) is 11.2. The smallest absolute Gasteiger partial charge is 0.303 e. The molecule has 4 aromatic rings. The average molecular weight is 453 g/mol. The van der Waals surface area contributed by atoms with E-state index in [9.17, 15) is 4.79 Å². The van der Waals surface area contributed by atoms with Crippen molar-refractivity contribution < 1.29 is 19.4 Å². The summed E-state index contributed by atoms with van der Waals surface area (Å²) in [6.07, 6.45) is 0.652. The van der Waals surface area contributed by atoms with Crippen LogP contribution < -0.4 is 9.47 Å². The van der Waals surface area contributed by atoms with E-state index in [4.69, 9.17) is 14.6 Å². The van der Waals surface area contributed by atoms with E-state index in [0.717, 1.165) is 44.9 Å². The van der Waals surface area contributed by atoms with Crippen LogP contribution in [0.15, 0.2) is 97.1 Å². The topological polar surface area (TPSA) is 55.8 Å². The highest BCUT2D eigenvalue weighted by molar-refractivity contribution is 5.69. The lowest BCUT2D eigenvalue weighted by Gasteiger charge is -2.12. The van der Waals surface area contributed by atoms with Crippen molar-refractivity contribution >= 4 is 5.97 Å². The molecule has 0 aromatic heterocycles. The summed E-state index contributed by atoms with van der Waals surface area (Å²) in [6.45, 7) is 3.10. The Labute approximate surface area is 200 Å². The molecule has 4 aromatic carbocycles. The van der Waals surface area contributed by atoms with Gasteiger partial charge in [-0.3, -0.25) is 4.79 Å². The zero-order valence-corrected chi connectivity index (χ0v) is 19.2. The van der Waals surface area contributed by atoms with Crippen LogP contribution in [0.25, 0.3) is 11.1 Å². The Balaban J connectivity index is 1.37. The molecule has 0 amide bonds. The maximum Gasteiger partial charge on any atom is 0.303 e. The van der Waals surface area contributed by atoms with Gasteiger partial charge in [-0.1, -0.05) is 66.7 Å². The number of carboxylic acid groups (broad SMARTS) is 1. The molecule has 0 heterocycles. The predicted molar refractivity (Wildman–Crippen MR) is 134 cm³/mol. The van der Waals surface area contributed by atoms with Gasteiger partial charge in [0.1, 0.15) is 24.7 Å². The molecule has 4 nitrogen and oxygen atoms in total. The lowest BCUT2D eigenvalue weighted by Crippen LogP contribution is -1.98. The second-order valence-electron chi connectivity index (χ2n) is 8.28. The van der Waals surface area contributed by atoms with Gasteiger partial charge in [0.2, 0.25) is 0 Å². The van der Waals surface area contributed by atoms with Crippen LogP contribution in [0.4, 0.5) is 0 Å². The van der Waals surface area contributed by atoms with E-state index in [1.165, 1.54) is 0 Å². The minimum atomic E-state index is -0.787. The molecule has 0 aliphatic heterocycles. The van der Waals surface area contributed by atoms with Crippen LogP contribution in [0.3, 0.4) is 0 Å². The molecule has 0 atom stereocenters. The van der Waals surface area contributed by atoms with Gasteiger partial charge in [0.25, 0.3) is 0 Å². The quantitative estimate of drug-likeness (QED) is 0.286. The van der Waals surface area contributed by atoms with Crippen molar-refractivity contribution in [1.82, 2.24) is 0 Å². The zero-order valence-electron chi connectivity index (χ0n) is 19.2. The van der Waals surface area contributed by atoms with E-state index in [0.29, 0.717) is 19.6 Å². The molecule has 0 aliphatic rings. The van der Waals surface area contributed by atoms with Crippen LogP contribution in [-0.2, 0) is 24.4 Å². The normalized spacial score (nSPS) is 10.6. The molecule has 0 saturated carbocycles. The number of carbonyl (C=O) groups is 1. The average Bonchev–Trinajstić information content (AvgIpc) is 2.86. The van der Waals surface area contributed by atoms with Crippen LogP contribution >= 0.6 is 0 Å². The molecule has 0 fully saturated rings. The summed E-state index contributed by atoms with van der Waals surface area (Å²) in [5.74, 6) is 0.835. The van der Waals surface area contributed by atoms with E-state index in [1.807, 2.05) is 54.6 Å². The van der Waals surface area contributed by atoms with E-state index in [1.54, 1.807) is 0 Å². The maximum atomic E-state index is 10.7. The van der Waals surface area contributed by atoms with Crippen molar-refractivity contribution in [2.75, 3.05) is 0 Å². The minimum absolute atomic E-state index is 0.131. The van der Waals surface area contributed by atoms with Crippen molar-refractivity contribution in [3.05, 3.63) is 119 Å². The van der Waals surface area contributed by atoms with E-state index in [-0.39, 0.29) is 6.42 Å². The van der Waals surface area contributed by atoms with Crippen LogP contribution in [0.5, 0.6) is 11.5 Å². The number of carboxylic acids is 1. The number of ether oxygens (including phenoxy) is 2. The van der Waals surface area contributed by atoms with Gasteiger partial charge in [0.05, 0.1) is 0 Å². The number of hydrogen-bond acceptors (Lipinski definition) is 3. The summed E-state index contributed by atoms with van der Waals surface area (Å²) >= 11 is 0. The SMILES string of the molecule is Cc1cc(OCc2ccccc2)ccc1-c1cccc(COc2ccc(CCC(=O)O)cc2)c1. The fourth-order valence-corrected chi connectivity index (χ4v) is 3.79. The van der Waals surface area contributed by atoms with Crippen LogP contribution in [0.2, 0.25) is 0 Å². The Morgan fingerprint density at radius 3 is 2.12 bits per heavy atom. The third-order valence-corrected chi connectivity index (χ3v) is 5.64. The fraction of sp³-hybridized carbons (Fsp3) is 0.167. The highest BCUT2D eigenvalue weighted by Gasteiger charge is 2.06. The third kappa shape index (κ3) is 6.48. The van der Waals surface area contributed by atoms with Gasteiger partial charge < -0.3 is 14.6 Å². The van der Waals surface area contributed by atoms with Crippen molar-refractivity contribution in [3.63, 3.8) is 0 Å². The molecule has 0 aliphatic carbocycles. The first-order chi connectivity index (χ1) is 16.6. The Hall–Kier alpha value is -4.05. The van der Waals surface area contributed by atoms with Crippen molar-refractivity contribution in [1.29, 1.82) is 0 Å². The Bertz CT molecular complexity index is 1230. The van der Waals surface area contributed by atoms with Gasteiger partial charge in [0.15, 0.2) is 0 Å². The summed E-state index contributed by atoms with van der Waals surface area (Å²) < 4.78 is 11.9. The first-order valence-electron chi connectivity index (χ1n) is 11.4. The predicted octanol–water partition coefficient (Wildman–Crippen LogP) is 6.84. The van der Waals surface area contributed by atoms with Gasteiger partial charge in [0, 0.05) is 6.42 Å². The molecule has 4 rings (SSSR count). The van der Waals surface area contributed by atoms with Crippen molar-refractivity contribution in [2.45, 2.75) is 33.0 Å². The van der Waals surface area contributed by atoms with Gasteiger partial charge in [-0.2, -0.15) is 0 Å². The molecule has 172 valence electrons. The molecule has 1 N–H and O–H groups in total. The van der Waals surface area contributed by atoms with E-state index in [2.05, 4.69) is 49.4 Å². The maximum absolute atomic E-state index is 10.7. The summed E-state index contributed by atoms with van der Waals surface area (Å²) in [6, 6.07) is 32.3. The molecular weight excluding hydrogens is 424 g/mol. The Morgan fingerprint density at radius 2 is 1.38 bits per heavy atom. The summed E-state index contributed by atoms with van der Waals surface area (Å²) in [5.41, 5.74) is 6.67. The molecule has 0 spiro atoms. The Morgan fingerprint density at radius 1 is 0.706 bits per heavy atom. The minimum Gasteiger partial charge on any atom is -0.489 e. The molecule has 0 radical (unpaired) electrons. The molecule has 34 heavy (non-hydrogen) atoms. The van der Waals surface area contributed by atoms with Gasteiger partial charge in [-0.25, -0.2) is 0 Å². The van der Waals surface area contributed by atoms with Crippen molar-refractivity contribution in [3.8, 4) is 22.6 Å². The zero-order chi connectivity index (χ0) is 23.8. The standard InChI is InChI=1S/C30H28O4/c1-22-18-28(34-20-24-6-3-2-4-7-24)15-16-29(22)26-9-5-8-25(19-26)21-33-27-13-10-23(11-14-27)12-17-30(31)32/h2-11,13-16,18-19H,12,17,20-21H2,1H3,(H,31,32). The third-order valence-electron chi connectivity index (χ3n) is 5.64. The van der Waals surface area contributed by atoms with Crippen LogP contribution in [0, 0.1) is 6.92 Å². The van der Waals surface area contributed by atoms with Crippen LogP contribution in [0.1, 0.15) is 28.7 Å².